The molecule has 1 aliphatic carbocycles. The first kappa shape index (κ1) is 21.1. The topological polar surface area (TPSA) is 87.7 Å². The van der Waals surface area contributed by atoms with Crippen molar-refractivity contribution >= 4 is 23.4 Å². The van der Waals surface area contributed by atoms with E-state index in [0.717, 1.165) is 32.1 Å². The van der Waals surface area contributed by atoms with Gasteiger partial charge in [0.25, 0.3) is 5.91 Å². The lowest BCUT2D eigenvalue weighted by Gasteiger charge is -2.38. The number of unbranched alkanes of at least 4 members (excludes halogenated alkanes) is 1. The van der Waals surface area contributed by atoms with Gasteiger partial charge in [0.15, 0.2) is 6.10 Å². The number of para-hydroxylation sites is 2. The van der Waals surface area contributed by atoms with E-state index in [1.165, 1.54) is 4.90 Å². The van der Waals surface area contributed by atoms with Crippen LogP contribution in [0.1, 0.15) is 58.8 Å². The van der Waals surface area contributed by atoms with E-state index in [1.54, 1.807) is 25.1 Å². The van der Waals surface area contributed by atoms with E-state index in [-0.39, 0.29) is 24.3 Å². The van der Waals surface area contributed by atoms with Crippen LogP contribution in [0.2, 0.25) is 0 Å². The van der Waals surface area contributed by atoms with Gasteiger partial charge in [-0.15, -0.1) is 0 Å². The molecule has 158 valence electrons. The van der Waals surface area contributed by atoms with Gasteiger partial charge in [-0.3, -0.25) is 19.3 Å². The van der Waals surface area contributed by atoms with Gasteiger partial charge in [-0.25, -0.2) is 0 Å². The van der Waals surface area contributed by atoms with Crippen LogP contribution in [0, 0.1) is 0 Å². The first-order valence-corrected chi connectivity index (χ1v) is 10.6. The molecule has 0 spiro atoms. The second-order valence-corrected chi connectivity index (χ2v) is 7.95. The normalized spacial score (nSPS) is 20.4. The Morgan fingerprint density at radius 2 is 1.93 bits per heavy atom. The van der Waals surface area contributed by atoms with Crippen molar-refractivity contribution in [2.75, 3.05) is 18.0 Å². The third-order valence-electron chi connectivity index (χ3n) is 5.71. The molecule has 2 aliphatic rings. The highest BCUT2D eigenvalue weighted by Crippen LogP contribution is 2.34. The number of ether oxygens (including phenoxy) is 1. The lowest BCUT2D eigenvalue weighted by atomic mass is 9.80. The van der Waals surface area contributed by atoms with Crippen molar-refractivity contribution in [2.24, 2.45) is 0 Å². The standard InChI is InChI=1S/C22H31N3O4/c1-3-4-14-23-21(28)22(12-8-5-9-13-22)24-19(26)15-25-17-10-6-7-11-18(17)29-16(2)20(25)27/h6-7,10-11,16H,3-5,8-9,12-15H2,1-2H3,(H,23,28)(H,24,26). The van der Waals surface area contributed by atoms with E-state index in [4.69, 9.17) is 4.74 Å². The summed E-state index contributed by atoms with van der Waals surface area (Å²) in [5, 5.41) is 5.97. The minimum atomic E-state index is -0.885. The average molecular weight is 402 g/mol. The number of fused-ring (bicyclic) bond motifs is 1. The molecule has 0 radical (unpaired) electrons. The monoisotopic (exact) mass is 401 g/mol. The maximum absolute atomic E-state index is 13.0. The molecule has 3 amide bonds. The number of nitrogens with one attached hydrogen (secondary N) is 2. The summed E-state index contributed by atoms with van der Waals surface area (Å²) in [7, 11) is 0. The molecule has 2 N–H and O–H groups in total. The van der Waals surface area contributed by atoms with Crippen molar-refractivity contribution in [3.05, 3.63) is 24.3 Å². The van der Waals surface area contributed by atoms with Crippen LogP contribution in [0.4, 0.5) is 5.69 Å². The fourth-order valence-corrected chi connectivity index (χ4v) is 4.08. The molecule has 0 saturated heterocycles. The van der Waals surface area contributed by atoms with Crippen molar-refractivity contribution in [3.8, 4) is 5.75 Å². The minimum Gasteiger partial charge on any atom is -0.479 e. The third kappa shape index (κ3) is 4.71. The Morgan fingerprint density at radius 1 is 1.21 bits per heavy atom. The van der Waals surface area contributed by atoms with Gasteiger partial charge in [-0.1, -0.05) is 44.7 Å². The average Bonchev–Trinajstić information content (AvgIpc) is 2.72. The summed E-state index contributed by atoms with van der Waals surface area (Å²) in [6.45, 7) is 4.22. The SMILES string of the molecule is CCCCNC(=O)C1(NC(=O)CN2C(=O)C(C)Oc3ccccc32)CCCCC1. The maximum Gasteiger partial charge on any atom is 0.268 e. The zero-order chi connectivity index (χ0) is 20.9. The van der Waals surface area contributed by atoms with Gasteiger partial charge in [-0.2, -0.15) is 0 Å². The number of carbonyl (C=O) groups is 3. The van der Waals surface area contributed by atoms with Crippen LogP contribution in [0.15, 0.2) is 24.3 Å². The third-order valence-corrected chi connectivity index (χ3v) is 5.71. The van der Waals surface area contributed by atoms with Crippen LogP contribution in [0.3, 0.4) is 0 Å². The lowest BCUT2D eigenvalue weighted by molar-refractivity contribution is -0.135. The molecule has 1 aromatic rings. The molecular formula is C22H31N3O4. The Balaban J connectivity index is 1.73. The molecule has 1 atom stereocenters. The van der Waals surface area contributed by atoms with Gasteiger partial charge in [0, 0.05) is 6.54 Å². The van der Waals surface area contributed by atoms with Gasteiger partial charge >= 0.3 is 0 Å². The summed E-state index contributed by atoms with van der Waals surface area (Å²) in [6, 6.07) is 7.19. The predicted molar refractivity (Wildman–Crippen MR) is 111 cm³/mol. The molecule has 7 nitrogen and oxygen atoms in total. The zero-order valence-corrected chi connectivity index (χ0v) is 17.3. The van der Waals surface area contributed by atoms with Gasteiger partial charge in [-0.05, 0) is 38.3 Å². The van der Waals surface area contributed by atoms with Crippen molar-refractivity contribution in [2.45, 2.75) is 70.4 Å². The highest BCUT2D eigenvalue weighted by atomic mass is 16.5. The fraction of sp³-hybridized carbons (Fsp3) is 0.591. The smallest absolute Gasteiger partial charge is 0.268 e. The van der Waals surface area contributed by atoms with Crippen LogP contribution in [-0.4, -0.2) is 42.5 Å². The molecule has 29 heavy (non-hydrogen) atoms. The second kappa shape index (κ2) is 9.29. The quantitative estimate of drug-likeness (QED) is 0.688. The van der Waals surface area contributed by atoms with E-state index < -0.39 is 11.6 Å². The van der Waals surface area contributed by atoms with E-state index >= 15 is 0 Å². The molecule has 1 aliphatic heterocycles. The largest absolute Gasteiger partial charge is 0.479 e. The molecule has 1 fully saturated rings. The summed E-state index contributed by atoms with van der Waals surface area (Å²) < 4.78 is 5.63. The Bertz CT molecular complexity index is 758. The number of amides is 3. The first-order valence-electron chi connectivity index (χ1n) is 10.6. The lowest BCUT2D eigenvalue weighted by Crippen LogP contribution is -2.61. The van der Waals surface area contributed by atoms with Crippen LogP contribution >= 0.6 is 0 Å². The number of nitrogens with zero attached hydrogens (tertiary/aromatic N) is 1. The second-order valence-electron chi connectivity index (χ2n) is 7.95. The molecule has 0 aromatic heterocycles. The number of anilines is 1. The van der Waals surface area contributed by atoms with Crippen molar-refractivity contribution in [1.29, 1.82) is 0 Å². The van der Waals surface area contributed by atoms with Crippen molar-refractivity contribution < 1.29 is 19.1 Å². The Labute approximate surface area is 172 Å². The summed E-state index contributed by atoms with van der Waals surface area (Å²) in [4.78, 5) is 40.0. The summed E-state index contributed by atoms with van der Waals surface area (Å²) >= 11 is 0. The van der Waals surface area contributed by atoms with Crippen molar-refractivity contribution in [3.63, 3.8) is 0 Å². The number of hydrogen-bond acceptors (Lipinski definition) is 4. The Morgan fingerprint density at radius 3 is 2.66 bits per heavy atom. The summed E-state index contributed by atoms with van der Waals surface area (Å²) in [5.74, 6) is -0.114. The number of benzene rings is 1. The highest BCUT2D eigenvalue weighted by Gasteiger charge is 2.41. The van der Waals surface area contributed by atoms with Crippen LogP contribution in [0.25, 0.3) is 0 Å². The van der Waals surface area contributed by atoms with Crippen molar-refractivity contribution in [1.82, 2.24) is 10.6 Å². The zero-order valence-electron chi connectivity index (χ0n) is 17.3. The molecule has 3 rings (SSSR count). The molecular weight excluding hydrogens is 370 g/mol. The van der Waals surface area contributed by atoms with E-state index in [0.29, 0.717) is 30.8 Å². The van der Waals surface area contributed by atoms with E-state index in [9.17, 15) is 14.4 Å². The molecule has 1 aromatic carbocycles. The minimum absolute atomic E-state index is 0.110. The molecule has 0 bridgehead atoms. The molecule has 1 unspecified atom stereocenters. The fourth-order valence-electron chi connectivity index (χ4n) is 4.08. The van der Waals surface area contributed by atoms with E-state index in [2.05, 4.69) is 17.6 Å². The molecule has 1 heterocycles. The van der Waals surface area contributed by atoms with E-state index in [1.807, 2.05) is 6.07 Å². The van der Waals surface area contributed by atoms with Gasteiger partial charge in [0.05, 0.1) is 5.69 Å². The number of rotatable bonds is 7. The van der Waals surface area contributed by atoms with Crippen LogP contribution in [0.5, 0.6) is 5.75 Å². The number of hydrogen-bond donors (Lipinski definition) is 2. The summed E-state index contributed by atoms with van der Waals surface area (Å²) in [5.41, 5.74) is -0.306. The Hall–Kier alpha value is -2.57. The highest BCUT2D eigenvalue weighted by molar-refractivity contribution is 6.04. The molecule has 7 heteroatoms. The number of carbonyl (C=O) groups excluding carboxylic acids is 3. The molecule has 1 saturated carbocycles. The Kier molecular flexibility index (Phi) is 6.77. The van der Waals surface area contributed by atoms with Gasteiger partial charge < -0.3 is 15.4 Å². The first-order chi connectivity index (χ1) is 14.0. The maximum atomic E-state index is 13.0. The van der Waals surface area contributed by atoms with Crippen LogP contribution < -0.4 is 20.3 Å². The van der Waals surface area contributed by atoms with Gasteiger partial charge in [0.2, 0.25) is 11.8 Å². The summed E-state index contributed by atoms with van der Waals surface area (Å²) in [6.07, 6.45) is 5.37. The predicted octanol–water partition coefficient (Wildman–Crippen LogP) is 2.54. The van der Waals surface area contributed by atoms with Gasteiger partial charge in [0.1, 0.15) is 17.8 Å². The van der Waals surface area contributed by atoms with Crippen LogP contribution in [-0.2, 0) is 14.4 Å².